The van der Waals surface area contributed by atoms with Crippen molar-refractivity contribution in [2.24, 2.45) is 17.8 Å². The number of ether oxygens (including phenoxy) is 1. The van der Waals surface area contributed by atoms with E-state index in [4.69, 9.17) is 9.84 Å². The Hall–Kier alpha value is -0.830. The maximum Gasteiger partial charge on any atom is 0.309 e. The van der Waals surface area contributed by atoms with E-state index in [0.717, 1.165) is 6.42 Å². The molecule has 2 aliphatic rings. The average molecular weight is 168 g/mol. The summed E-state index contributed by atoms with van der Waals surface area (Å²) in [6.45, 7) is 0. The van der Waals surface area contributed by atoms with Crippen molar-refractivity contribution in [3.8, 4) is 0 Å². The van der Waals surface area contributed by atoms with Crippen LogP contribution in [0, 0.1) is 17.8 Å². The van der Waals surface area contributed by atoms with Crippen LogP contribution in [0.2, 0.25) is 0 Å². The van der Waals surface area contributed by atoms with Crippen molar-refractivity contribution < 1.29 is 14.6 Å². The summed E-state index contributed by atoms with van der Waals surface area (Å²) in [6.07, 6.45) is 4.95. The van der Waals surface area contributed by atoms with Gasteiger partial charge in [-0.3, -0.25) is 4.79 Å². The number of allylic oxidation sites excluding steroid dienone is 1. The second kappa shape index (κ2) is 2.59. The minimum Gasteiger partial charge on any atom is -0.481 e. The Morgan fingerprint density at radius 3 is 2.67 bits per heavy atom. The third-order valence-corrected chi connectivity index (χ3v) is 2.94. The van der Waals surface area contributed by atoms with Crippen molar-refractivity contribution in [1.82, 2.24) is 0 Å². The SMILES string of the molecule is COC1C2C=CC(C2)C1C(=O)O. The lowest BCUT2D eigenvalue weighted by Gasteiger charge is -2.22. The number of fused-ring (bicyclic) bond motifs is 2. The highest BCUT2D eigenvalue weighted by atomic mass is 16.5. The van der Waals surface area contributed by atoms with E-state index in [-0.39, 0.29) is 17.9 Å². The summed E-state index contributed by atoms with van der Waals surface area (Å²) in [4.78, 5) is 10.8. The Labute approximate surface area is 71.0 Å². The van der Waals surface area contributed by atoms with Crippen molar-refractivity contribution in [3.05, 3.63) is 12.2 Å². The van der Waals surface area contributed by atoms with Gasteiger partial charge in [-0.1, -0.05) is 12.2 Å². The molecule has 4 unspecified atom stereocenters. The Balaban J connectivity index is 2.23. The number of aliphatic carboxylic acids is 1. The topological polar surface area (TPSA) is 46.5 Å². The molecule has 3 heteroatoms. The first-order valence-electron chi connectivity index (χ1n) is 4.18. The maximum atomic E-state index is 10.8. The molecule has 0 aliphatic heterocycles. The van der Waals surface area contributed by atoms with Gasteiger partial charge in [-0.05, 0) is 12.3 Å². The van der Waals surface area contributed by atoms with E-state index in [2.05, 4.69) is 6.08 Å². The lowest BCUT2D eigenvalue weighted by atomic mass is 9.91. The van der Waals surface area contributed by atoms with Crippen LogP contribution in [0.15, 0.2) is 12.2 Å². The summed E-state index contributed by atoms with van der Waals surface area (Å²) in [6, 6.07) is 0. The standard InChI is InChI=1S/C9H12O3/c1-12-8-6-3-2-5(4-6)7(8)9(10)11/h2-3,5-8H,4H2,1H3,(H,10,11). The van der Waals surface area contributed by atoms with Gasteiger partial charge in [0.2, 0.25) is 0 Å². The van der Waals surface area contributed by atoms with Crippen molar-refractivity contribution in [3.63, 3.8) is 0 Å². The van der Waals surface area contributed by atoms with Crippen molar-refractivity contribution in [2.75, 3.05) is 7.11 Å². The molecule has 2 rings (SSSR count). The van der Waals surface area contributed by atoms with Gasteiger partial charge in [0, 0.05) is 13.0 Å². The molecule has 0 saturated heterocycles. The lowest BCUT2D eigenvalue weighted by Crippen LogP contribution is -2.33. The van der Waals surface area contributed by atoms with Gasteiger partial charge in [0.05, 0.1) is 12.0 Å². The van der Waals surface area contributed by atoms with Gasteiger partial charge in [-0.2, -0.15) is 0 Å². The fourth-order valence-electron chi connectivity index (χ4n) is 2.42. The number of carboxylic acid groups (broad SMARTS) is 1. The number of hydrogen-bond acceptors (Lipinski definition) is 2. The molecule has 0 amide bonds. The van der Waals surface area contributed by atoms with Gasteiger partial charge in [0.1, 0.15) is 0 Å². The molecular formula is C9H12O3. The molecule has 4 atom stereocenters. The van der Waals surface area contributed by atoms with E-state index >= 15 is 0 Å². The minimum atomic E-state index is -0.723. The predicted molar refractivity (Wildman–Crippen MR) is 42.7 cm³/mol. The Kier molecular flexibility index (Phi) is 1.68. The molecule has 66 valence electrons. The first kappa shape index (κ1) is 7.80. The maximum absolute atomic E-state index is 10.8. The summed E-state index contributed by atoms with van der Waals surface area (Å²) in [5.74, 6) is -0.498. The highest BCUT2D eigenvalue weighted by Gasteiger charge is 2.48. The zero-order valence-corrected chi connectivity index (χ0v) is 6.93. The molecule has 1 fully saturated rings. The molecule has 1 N–H and O–H groups in total. The monoisotopic (exact) mass is 168 g/mol. The van der Waals surface area contributed by atoms with Crippen molar-refractivity contribution in [2.45, 2.75) is 12.5 Å². The molecule has 12 heavy (non-hydrogen) atoms. The van der Waals surface area contributed by atoms with E-state index in [0.29, 0.717) is 5.92 Å². The first-order valence-corrected chi connectivity index (χ1v) is 4.18. The number of methoxy groups -OCH3 is 1. The predicted octanol–water partition coefficient (Wildman–Crippen LogP) is 0.908. The molecule has 1 saturated carbocycles. The van der Waals surface area contributed by atoms with Gasteiger partial charge in [-0.15, -0.1) is 0 Å². The third-order valence-electron chi connectivity index (χ3n) is 2.94. The Bertz CT molecular complexity index is 234. The zero-order chi connectivity index (χ0) is 8.72. The number of carbonyl (C=O) groups is 1. The second-order valence-electron chi connectivity index (χ2n) is 3.51. The molecule has 0 aromatic heterocycles. The highest BCUT2D eigenvalue weighted by Crippen LogP contribution is 2.44. The van der Waals surface area contributed by atoms with Gasteiger partial charge in [-0.25, -0.2) is 0 Å². The molecule has 2 bridgehead atoms. The largest absolute Gasteiger partial charge is 0.481 e. The van der Waals surface area contributed by atoms with Gasteiger partial charge in [0.15, 0.2) is 0 Å². The summed E-state index contributed by atoms with van der Waals surface area (Å²) in [5, 5.41) is 8.92. The molecule has 0 spiro atoms. The second-order valence-corrected chi connectivity index (χ2v) is 3.51. The molecule has 0 aromatic carbocycles. The molecule has 0 heterocycles. The quantitative estimate of drug-likeness (QED) is 0.623. The Morgan fingerprint density at radius 1 is 1.50 bits per heavy atom. The van der Waals surface area contributed by atoms with E-state index in [9.17, 15) is 4.79 Å². The van der Waals surface area contributed by atoms with Crippen LogP contribution in [-0.2, 0) is 9.53 Å². The molecule has 3 nitrogen and oxygen atoms in total. The van der Waals surface area contributed by atoms with Crippen LogP contribution in [0.25, 0.3) is 0 Å². The molecule has 0 aromatic rings. The lowest BCUT2D eigenvalue weighted by molar-refractivity contribution is -0.147. The normalized spacial score (nSPS) is 43.8. The van der Waals surface area contributed by atoms with Crippen LogP contribution in [0.1, 0.15) is 6.42 Å². The number of hydrogen-bond donors (Lipinski definition) is 1. The van der Waals surface area contributed by atoms with Crippen LogP contribution in [0.4, 0.5) is 0 Å². The molecule has 0 radical (unpaired) electrons. The van der Waals surface area contributed by atoms with E-state index < -0.39 is 5.97 Å². The number of rotatable bonds is 2. The summed E-state index contributed by atoms with van der Waals surface area (Å²) < 4.78 is 5.19. The van der Waals surface area contributed by atoms with Crippen LogP contribution in [0.5, 0.6) is 0 Å². The zero-order valence-electron chi connectivity index (χ0n) is 6.93. The Morgan fingerprint density at radius 2 is 2.17 bits per heavy atom. The summed E-state index contributed by atoms with van der Waals surface area (Å²) in [5.41, 5.74) is 0. The van der Waals surface area contributed by atoms with Crippen LogP contribution >= 0.6 is 0 Å². The van der Waals surface area contributed by atoms with Gasteiger partial charge >= 0.3 is 5.97 Å². The van der Waals surface area contributed by atoms with Crippen molar-refractivity contribution in [1.29, 1.82) is 0 Å². The average Bonchev–Trinajstić information content (AvgIpc) is 2.60. The van der Waals surface area contributed by atoms with Crippen LogP contribution in [0.3, 0.4) is 0 Å². The van der Waals surface area contributed by atoms with Gasteiger partial charge in [0.25, 0.3) is 0 Å². The minimum absolute atomic E-state index is 0.0995. The molecule has 2 aliphatic carbocycles. The smallest absolute Gasteiger partial charge is 0.309 e. The fraction of sp³-hybridized carbons (Fsp3) is 0.667. The van der Waals surface area contributed by atoms with Gasteiger partial charge < -0.3 is 9.84 Å². The van der Waals surface area contributed by atoms with E-state index in [1.807, 2.05) is 6.08 Å². The first-order chi connectivity index (χ1) is 5.74. The van der Waals surface area contributed by atoms with E-state index in [1.165, 1.54) is 0 Å². The summed E-state index contributed by atoms with van der Waals surface area (Å²) >= 11 is 0. The summed E-state index contributed by atoms with van der Waals surface area (Å²) in [7, 11) is 1.59. The third kappa shape index (κ3) is 0.894. The van der Waals surface area contributed by atoms with Crippen LogP contribution < -0.4 is 0 Å². The fourth-order valence-corrected chi connectivity index (χ4v) is 2.42. The van der Waals surface area contributed by atoms with Crippen molar-refractivity contribution >= 4 is 5.97 Å². The highest BCUT2D eigenvalue weighted by molar-refractivity contribution is 5.72. The number of carboxylic acids is 1. The molecular weight excluding hydrogens is 156 g/mol. The van der Waals surface area contributed by atoms with E-state index in [1.54, 1.807) is 7.11 Å². The van der Waals surface area contributed by atoms with Crippen LogP contribution in [-0.4, -0.2) is 24.3 Å².